The van der Waals surface area contributed by atoms with E-state index < -0.39 is 0 Å². The topological polar surface area (TPSA) is 89.2 Å². The van der Waals surface area contributed by atoms with Crippen LogP contribution in [0.2, 0.25) is 5.02 Å². The monoisotopic (exact) mass is 460 g/mol. The maximum atomic E-state index is 12.8. The second kappa shape index (κ2) is 9.11. The van der Waals surface area contributed by atoms with Crippen molar-refractivity contribution in [2.75, 3.05) is 29.9 Å². The number of aliphatic imine (C=N–C) groups is 1. The van der Waals surface area contributed by atoms with Crippen LogP contribution in [0.3, 0.4) is 0 Å². The van der Waals surface area contributed by atoms with Crippen molar-refractivity contribution in [2.24, 2.45) is 4.99 Å². The Balaban J connectivity index is 1.45. The molecule has 0 aliphatic carbocycles. The molecule has 0 saturated carbocycles. The normalized spacial score (nSPS) is 13.6. The average molecular weight is 461 g/mol. The second-order valence-corrected chi connectivity index (χ2v) is 8.65. The molecule has 5 rings (SSSR count). The zero-order chi connectivity index (χ0) is 22.8. The van der Waals surface area contributed by atoms with Gasteiger partial charge in [-0.2, -0.15) is 0 Å². The summed E-state index contributed by atoms with van der Waals surface area (Å²) in [7, 11) is 0. The van der Waals surface area contributed by atoms with E-state index in [1.807, 2.05) is 43.6 Å². The number of fused-ring (bicyclic) bond motifs is 1. The van der Waals surface area contributed by atoms with Crippen molar-refractivity contribution in [1.82, 2.24) is 15.0 Å². The Kier molecular flexibility index (Phi) is 5.88. The highest BCUT2D eigenvalue weighted by molar-refractivity contribution is 6.30. The van der Waals surface area contributed by atoms with E-state index in [0.29, 0.717) is 17.9 Å². The molecule has 0 spiro atoms. The zero-order valence-electron chi connectivity index (χ0n) is 18.4. The molecule has 0 amide bonds. The predicted octanol–water partition coefficient (Wildman–Crippen LogP) is 4.77. The summed E-state index contributed by atoms with van der Waals surface area (Å²) >= 11 is 6.09. The molecule has 2 aromatic carbocycles. The van der Waals surface area contributed by atoms with E-state index in [-0.39, 0.29) is 5.56 Å². The number of hydrogen-bond acceptors (Lipinski definition) is 5. The molecule has 0 radical (unpaired) electrons. The highest BCUT2D eigenvalue weighted by Gasteiger charge is 2.17. The first-order valence-electron chi connectivity index (χ1n) is 11.1. The molecule has 0 fully saturated rings. The van der Waals surface area contributed by atoms with Crippen molar-refractivity contribution < 1.29 is 0 Å². The largest absolute Gasteiger partial charge is 0.384 e. The summed E-state index contributed by atoms with van der Waals surface area (Å²) in [6.45, 7) is 4.51. The van der Waals surface area contributed by atoms with E-state index in [4.69, 9.17) is 16.6 Å². The van der Waals surface area contributed by atoms with E-state index in [1.165, 1.54) is 0 Å². The number of pyridine rings is 1. The summed E-state index contributed by atoms with van der Waals surface area (Å²) < 4.78 is 0. The van der Waals surface area contributed by atoms with E-state index in [2.05, 4.69) is 37.3 Å². The number of rotatable bonds is 6. The number of anilines is 2. The molecule has 0 unspecified atom stereocenters. The van der Waals surface area contributed by atoms with Gasteiger partial charge < -0.3 is 20.2 Å². The molecule has 168 valence electrons. The van der Waals surface area contributed by atoms with Crippen LogP contribution < -0.4 is 15.8 Å². The average Bonchev–Trinajstić information content (AvgIpc) is 3.24. The third kappa shape index (κ3) is 4.50. The van der Waals surface area contributed by atoms with Crippen LogP contribution in [-0.2, 0) is 6.42 Å². The zero-order valence-corrected chi connectivity index (χ0v) is 19.1. The fourth-order valence-corrected chi connectivity index (χ4v) is 4.41. The number of imidazole rings is 1. The third-order valence-corrected chi connectivity index (χ3v) is 6.05. The summed E-state index contributed by atoms with van der Waals surface area (Å²) in [6.07, 6.45) is 5.36. The lowest BCUT2D eigenvalue weighted by atomic mass is 10.1. The summed E-state index contributed by atoms with van der Waals surface area (Å²) in [5.74, 6) is 0.546. The maximum Gasteiger partial charge on any atom is 0.261 e. The third-order valence-electron chi connectivity index (χ3n) is 5.82. The van der Waals surface area contributed by atoms with Crippen molar-refractivity contribution in [3.63, 3.8) is 0 Å². The Hall–Kier alpha value is -3.58. The smallest absolute Gasteiger partial charge is 0.261 e. The number of halogens is 1. The van der Waals surface area contributed by atoms with Crippen molar-refractivity contribution in [3.05, 3.63) is 75.2 Å². The van der Waals surface area contributed by atoms with Crippen LogP contribution in [0.1, 0.15) is 17.5 Å². The minimum atomic E-state index is -0.192. The van der Waals surface area contributed by atoms with Crippen molar-refractivity contribution >= 4 is 40.3 Å². The number of nitrogens with one attached hydrogen (secondary N) is 3. The molecule has 7 nitrogen and oxygen atoms in total. The molecule has 0 saturated heterocycles. The molecule has 4 aromatic rings. The summed E-state index contributed by atoms with van der Waals surface area (Å²) in [5, 5.41) is 4.11. The molecule has 8 heteroatoms. The molecule has 1 aliphatic rings. The summed E-state index contributed by atoms with van der Waals surface area (Å²) in [5.41, 5.74) is 6.05. The number of hydrogen-bond donors (Lipinski definition) is 3. The molecule has 3 N–H and O–H groups in total. The summed E-state index contributed by atoms with van der Waals surface area (Å²) in [4.78, 5) is 30.3. The van der Waals surface area contributed by atoms with Crippen LogP contribution in [0.5, 0.6) is 0 Å². The predicted molar refractivity (Wildman–Crippen MR) is 136 cm³/mol. The van der Waals surface area contributed by atoms with Gasteiger partial charge in [0.2, 0.25) is 0 Å². The van der Waals surface area contributed by atoms with Crippen LogP contribution in [0.25, 0.3) is 22.4 Å². The molecule has 0 bridgehead atoms. The van der Waals surface area contributed by atoms with Gasteiger partial charge in [-0.15, -0.1) is 0 Å². The molecular weight excluding hydrogens is 436 g/mol. The standard InChI is InChI=1S/C25H25ClN6O/c1-16-12-19(32-11-3-8-27-15-32)14-21-23(16)31-24(30-21)22-20(7-10-29-25(22)33)28-9-6-17-4-2-5-18(26)13-17/h2,4-5,7,10,12-15H,3,6,8-9,11H2,1H3,(H,30,31)(H2,28,29,33). The number of nitrogens with zero attached hydrogens (tertiary/aromatic N) is 3. The number of H-pyrrole nitrogens is 2. The molecule has 2 aromatic heterocycles. The van der Waals surface area contributed by atoms with Gasteiger partial charge in [0.15, 0.2) is 0 Å². The van der Waals surface area contributed by atoms with Gasteiger partial charge in [0.05, 0.1) is 23.1 Å². The first-order valence-corrected chi connectivity index (χ1v) is 11.4. The highest BCUT2D eigenvalue weighted by atomic mass is 35.5. The van der Waals surface area contributed by atoms with Crippen LogP contribution in [0, 0.1) is 6.92 Å². The van der Waals surface area contributed by atoms with Crippen LogP contribution in [0.15, 0.2) is 58.4 Å². The Morgan fingerprint density at radius 3 is 2.94 bits per heavy atom. The van der Waals surface area contributed by atoms with Crippen molar-refractivity contribution in [1.29, 1.82) is 0 Å². The van der Waals surface area contributed by atoms with Gasteiger partial charge in [-0.05, 0) is 61.2 Å². The molecule has 0 atom stereocenters. The first-order chi connectivity index (χ1) is 16.1. The van der Waals surface area contributed by atoms with Crippen LogP contribution in [-0.4, -0.2) is 40.9 Å². The van der Waals surface area contributed by atoms with Gasteiger partial charge in [0, 0.05) is 36.5 Å². The van der Waals surface area contributed by atoms with Gasteiger partial charge in [0.1, 0.15) is 11.4 Å². The van der Waals surface area contributed by atoms with Gasteiger partial charge in [0.25, 0.3) is 5.56 Å². The van der Waals surface area contributed by atoms with Crippen LogP contribution >= 0.6 is 11.6 Å². The Morgan fingerprint density at radius 2 is 2.12 bits per heavy atom. The van der Waals surface area contributed by atoms with Gasteiger partial charge in [-0.25, -0.2) is 4.98 Å². The minimum absolute atomic E-state index is 0.192. The van der Waals surface area contributed by atoms with E-state index >= 15 is 0 Å². The first kappa shape index (κ1) is 21.3. The van der Waals surface area contributed by atoms with Crippen LogP contribution in [0.4, 0.5) is 11.4 Å². The SMILES string of the molecule is Cc1cc(N2C=NCCC2)cc2[nH]c(-c3c(NCCc4cccc(Cl)c4)cc[nH]c3=O)nc12. The number of aromatic nitrogens is 3. The van der Waals surface area contributed by atoms with Crippen molar-refractivity contribution in [2.45, 2.75) is 19.8 Å². The van der Waals surface area contributed by atoms with Gasteiger partial charge >= 0.3 is 0 Å². The number of benzene rings is 2. The van der Waals surface area contributed by atoms with Crippen molar-refractivity contribution in [3.8, 4) is 11.4 Å². The second-order valence-electron chi connectivity index (χ2n) is 8.22. The van der Waals surface area contributed by atoms with Gasteiger partial charge in [-0.3, -0.25) is 9.79 Å². The highest BCUT2D eigenvalue weighted by Crippen LogP contribution is 2.29. The Morgan fingerprint density at radius 1 is 1.21 bits per heavy atom. The number of aromatic amines is 2. The van der Waals surface area contributed by atoms with E-state index in [9.17, 15) is 4.79 Å². The molecular formula is C25H25ClN6O. The lowest BCUT2D eigenvalue weighted by Gasteiger charge is -2.22. The maximum absolute atomic E-state index is 12.8. The van der Waals surface area contributed by atoms with E-state index in [1.54, 1.807) is 6.20 Å². The Labute approximate surface area is 196 Å². The Bertz CT molecular complexity index is 1390. The minimum Gasteiger partial charge on any atom is -0.384 e. The molecule has 1 aliphatic heterocycles. The quantitative estimate of drug-likeness (QED) is 0.386. The fraction of sp³-hybridized carbons (Fsp3) is 0.240. The fourth-order valence-electron chi connectivity index (χ4n) is 4.19. The van der Waals surface area contributed by atoms with E-state index in [0.717, 1.165) is 64.5 Å². The lowest BCUT2D eigenvalue weighted by Crippen LogP contribution is -2.26. The lowest BCUT2D eigenvalue weighted by molar-refractivity contribution is 0.802. The summed E-state index contributed by atoms with van der Waals surface area (Å²) in [6, 6.07) is 13.8. The molecule has 3 heterocycles. The molecule has 33 heavy (non-hydrogen) atoms. The number of aryl methyl sites for hydroxylation is 1. The van der Waals surface area contributed by atoms with Gasteiger partial charge in [-0.1, -0.05) is 23.7 Å².